The molecule has 1 heterocycles. The van der Waals surface area contributed by atoms with Gasteiger partial charge in [-0.25, -0.2) is 0 Å². The van der Waals surface area contributed by atoms with Crippen molar-refractivity contribution in [2.24, 2.45) is 5.92 Å². The van der Waals surface area contributed by atoms with E-state index in [1.165, 1.54) is 25.3 Å². The zero-order valence-electron chi connectivity index (χ0n) is 13.5. The van der Waals surface area contributed by atoms with Crippen molar-refractivity contribution in [3.8, 4) is 0 Å². The summed E-state index contributed by atoms with van der Waals surface area (Å²) in [6.45, 7) is 1.80. The first kappa shape index (κ1) is 18.5. The predicted octanol–water partition coefficient (Wildman–Crippen LogP) is 2.58. The fourth-order valence-corrected chi connectivity index (χ4v) is 4.64. The number of hydrogen-bond donors (Lipinski definition) is 0. The van der Waals surface area contributed by atoms with Gasteiger partial charge in [0.05, 0.1) is 12.2 Å². The molecule has 3 atom stereocenters. The largest absolute Gasteiger partial charge is 0.500 e. The van der Waals surface area contributed by atoms with Gasteiger partial charge in [0.2, 0.25) is 0 Å². The van der Waals surface area contributed by atoms with Crippen LogP contribution < -0.4 is 0 Å². The molecule has 122 valence electrons. The molecular weight excluding hydrogens is 288 g/mol. The van der Waals surface area contributed by atoms with Gasteiger partial charge in [-0.2, -0.15) is 0 Å². The highest BCUT2D eigenvalue weighted by Crippen LogP contribution is 2.41. The van der Waals surface area contributed by atoms with Gasteiger partial charge in [0.1, 0.15) is 6.29 Å². The molecule has 0 bridgehead atoms. The van der Waals surface area contributed by atoms with Crippen LogP contribution in [0.2, 0.25) is 6.04 Å². The first-order valence-corrected chi connectivity index (χ1v) is 9.45. The number of hydrogen-bond acceptors (Lipinski definition) is 5. The summed E-state index contributed by atoms with van der Waals surface area (Å²) >= 11 is 0. The molecule has 2 fully saturated rings. The van der Waals surface area contributed by atoms with Crippen LogP contribution in [0.15, 0.2) is 12.2 Å². The molecule has 1 saturated heterocycles. The van der Waals surface area contributed by atoms with E-state index in [4.69, 9.17) is 18.0 Å². The highest BCUT2D eigenvalue weighted by Gasteiger charge is 2.45. The summed E-state index contributed by atoms with van der Waals surface area (Å²) < 4.78 is 21.8. The maximum absolute atomic E-state index is 9.32. The maximum Gasteiger partial charge on any atom is 0.500 e. The van der Waals surface area contributed by atoms with Crippen LogP contribution in [0.5, 0.6) is 0 Å². The van der Waals surface area contributed by atoms with Crippen molar-refractivity contribution in [2.75, 3.05) is 21.3 Å². The minimum atomic E-state index is -2.35. The molecule has 5 nitrogen and oxygen atoms in total. The molecule has 3 unspecified atom stereocenters. The van der Waals surface area contributed by atoms with Crippen molar-refractivity contribution in [3.05, 3.63) is 12.2 Å². The molecule has 0 aromatic heterocycles. The van der Waals surface area contributed by atoms with Crippen molar-refractivity contribution >= 4 is 15.1 Å². The third-order valence-corrected chi connectivity index (χ3v) is 6.94. The normalized spacial score (nSPS) is 27.7. The predicted molar refractivity (Wildman–Crippen MR) is 83.1 cm³/mol. The van der Waals surface area contributed by atoms with Crippen LogP contribution in [0.1, 0.15) is 32.6 Å². The van der Waals surface area contributed by atoms with E-state index in [0.717, 1.165) is 24.7 Å². The molecule has 0 amide bonds. The van der Waals surface area contributed by atoms with E-state index in [2.05, 4.69) is 0 Å². The van der Waals surface area contributed by atoms with Gasteiger partial charge in [-0.15, -0.1) is 0 Å². The molecular formula is C15H28O5Si. The van der Waals surface area contributed by atoms with Gasteiger partial charge < -0.3 is 18.0 Å². The lowest BCUT2D eigenvalue weighted by Gasteiger charge is -2.27. The van der Waals surface area contributed by atoms with Crippen molar-refractivity contribution in [1.82, 2.24) is 0 Å². The smallest absolute Gasteiger partial charge is 0.377 e. The van der Waals surface area contributed by atoms with Crippen LogP contribution in [0.25, 0.3) is 0 Å². The third-order valence-electron chi connectivity index (χ3n) is 4.18. The molecule has 0 aromatic carbocycles. The van der Waals surface area contributed by atoms with Crippen molar-refractivity contribution in [1.29, 1.82) is 0 Å². The minimum Gasteiger partial charge on any atom is -0.377 e. The van der Waals surface area contributed by atoms with E-state index in [-0.39, 0.29) is 0 Å². The van der Waals surface area contributed by atoms with E-state index in [1.807, 2.05) is 0 Å². The number of carbonyl (C=O) groups excluding carboxylic acids is 1. The fraction of sp³-hybridized carbons (Fsp3) is 0.800. The van der Waals surface area contributed by atoms with Gasteiger partial charge >= 0.3 is 8.80 Å². The van der Waals surface area contributed by atoms with Crippen LogP contribution in [0.4, 0.5) is 0 Å². The molecule has 6 heteroatoms. The Morgan fingerprint density at radius 2 is 1.81 bits per heavy atom. The molecule has 1 aliphatic carbocycles. The van der Waals surface area contributed by atoms with Crippen LogP contribution in [0, 0.1) is 5.92 Å². The Hall–Kier alpha value is -0.533. The fourth-order valence-electron chi connectivity index (χ4n) is 2.76. The van der Waals surface area contributed by atoms with E-state index in [0.29, 0.717) is 12.2 Å². The number of ether oxygens (including phenoxy) is 1. The standard InChI is InChI=1S/C11H22O4Si.C4H6O/c1-12-16(13-2,14-3)7-6-9-4-5-10-11(8-9)15-10;1-2-3-4-5/h9-11H,4-8H2,1-3H3;2-4H,1H3. The SMILES string of the molecule is CC=CC=O.CO[Si](CCC1CCC2OC2C1)(OC)OC. The molecule has 0 spiro atoms. The Bertz CT molecular complexity index is 322. The van der Waals surface area contributed by atoms with Crippen molar-refractivity contribution in [2.45, 2.75) is 50.9 Å². The number of aldehydes is 1. The summed E-state index contributed by atoms with van der Waals surface area (Å²) in [7, 11) is 2.69. The molecule has 21 heavy (non-hydrogen) atoms. The van der Waals surface area contributed by atoms with Crippen molar-refractivity contribution < 1.29 is 22.8 Å². The van der Waals surface area contributed by atoms with Crippen LogP contribution in [0.3, 0.4) is 0 Å². The quantitative estimate of drug-likeness (QED) is 0.313. The van der Waals surface area contributed by atoms with Gasteiger partial charge in [0.15, 0.2) is 0 Å². The molecule has 2 aliphatic rings. The second-order valence-corrected chi connectivity index (χ2v) is 8.48. The highest BCUT2D eigenvalue weighted by molar-refractivity contribution is 6.60. The molecule has 0 N–H and O–H groups in total. The zero-order chi connectivity index (χ0) is 15.7. The summed E-state index contributed by atoms with van der Waals surface area (Å²) in [6.07, 6.45) is 9.89. The monoisotopic (exact) mass is 316 g/mol. The molecule has 1 saturated carbocycles. The summed E-state index contributed by atoms with van der Waals surface area (Å²) in [6, 6.07) is 0.915. The Morgan fingerprint density at radius 1 is 1.14 bits per heavy atom. The van der Waals surface area contributed by atoms with Gasteiger partial charge in [-0.05, 0) is 44.6 Å². The van der Waals surface area contributed by atoms with Crippen LogP contribution in [-0.4, -0.2) is 48.6 Å². The van der Waals surface area contributed by atoms with Gasteiger partial charge in [0.25, 0.3) is 0 Å². The number of carbonyl (C=O) groups is 1. The Kier molecular flexibility index (Phi) is 8.36. The molecule has 2 rings (SSSR count). The first-order chi connectivity index (χ1) is 10.1. The zero-order valence-corrected chi connectivity index (χ0v) is 14.5. The lowest BCUT2D eigenvalue weighted by molar-refractivity contribution is -0.104. The topological polar surface area (TPSA) is 57.3 Å². The summed E-state index contributed by atoms with van der Waals surface area (Å²) in [5, 5.41) is 0. The summed E-state index contributed by atoms with van der Waals surface area (Å²) in [4.78, 5) is 9.32. The summed E-state index contributed by atoms with van der Waals surface area (Å²) in [5.74, 6) is 0.760. The average molecular weight is 316 g/mol. The molecule has 0 radical (unpaired) electrons. The number of allylic oxidation sites excluding steroid dienone is 2. The Balaban J connectivity index is 0.000000383. The first-order valence-electron chi connectivity index (χ1n) is 7.52. The van der Waals surface area contributed by atoms with E-state index < -0.39 is 8.80 Å². The van der Waals surface area contributed by atoms with Crippen LogP contribution >= 0.6 is 0 Å². The Labute approximate surface area is 129 Å². The average Bonchev–Trinajstić information content (AvgIpc) is 3.29. The van der Waals surface area contributed by atoms with Gasteiger partial charge in [-0.1, -0.05) is 6.08 Å². The number of rotatable bonds is 7. The lowest BCUT2D eigenvalue weighted by Crippen LogP contribution is -2.43. The Morgan fingerprint density at radius 3 is 2.24 bits per heavy atom. The number of epoxide rings is 1. The van der Waals surface area contributed by atoms with E-state index in [1.54, 1.807) is 34.3 Å². The maximum atomic E-state index is 9.32. The third kappa shape index (κ3) is 6.00. The summed E-state index contributed by atoms with van der Waals surface area (Å²) in [5.41, 5.74) is 0. The van der Waals surface area contributed by atoms with Crippen LogP contribution in [-0.2, 0) is 22.8 Å². The van der Waals surface area contributed by atoms with E-state index >= 15 is 0 Å². The number of fused-ring (bicyclic) bond motifs is 1. The van der Waals surface area contributed by atoms with Gasteiger partial charge in [0, 0.05) is 27.4 Å². The van der Waals surface area contributed by atoms with E-state index in [9.17, 15) is 4.79 Å². The lowest BCUT2D eigenvalue weighted by atomic mass is 9.88. The van der Waals surface area contributed by atoms with Gasteiger partial charge in [-0.3, -0.25) is 4.79 Å². The second kappa shape index (κ2) is 9.48. The second-order valence-electron chi connectivity index (χ2n) is 5.39. The van der Waals surface area contributed by atoms with Crippen molar-refractivity contribution in [3.63, 3.8) is 0 Å². The minimum absolute atomic E-state index is 0.558. The molecule has 1 aliphatic heterocycles. The molecule has 0 aromatic rings. The highest BCUT2D eigenvalue weighted by atomic mass is 28.4.